The van der Waals surface area contributed by atoms with Crippen LogP contribution in [-0.2, 0) is 6.54 Å². The zero-order valence-electron chi connectivity index (χ0n) is 13.9. The number of carbonyl (C=O) groups excluding carboxylic acids is 1. The van der Waals surface area contributed by atoms with Crippen molar-refractivity contribution >= 4 is 16.8 Å². The smallest absolute Gasteiger partial charge is 0.270 e. The third kappa shape index (κ3) is 3.69. The summed E-state index contributed by atoms with van der Waals surface area (Å²) in [7, 11) is 0. The number of hydrogen-bond donors (Lipinski definition) is 1. The van der Waals surface area contributed by atoms with Gasteiger partial charge in [-0.15, -0.1) is 0 Å². The number of carbonyl (C=O) groups is 1. The molecule has 2 aromatic carbocycles. The lowest BCUT2D eigenvalue weighted by Crippen LogP contribution is -2.31. The van der Waals surface area contributed by atoms with Gasteiger partial charge in [0.1, 0.15) is 11.5 Å². The van der Waals surface area contributed by atoms with Crippen molar-refractivity contribution in [1.29, 1.82) is 5.26 Å². The molecular formula is C20H18FN3O. The van der Waals surface area contributed by atoms with Gasteiger partial charge in [-0.1, -0.05) is 19.1 Å². The Balaban J connectivity index is 1.84. The van der Waals surface area contributed by atoms with Crippen LogP contribution in [0, 0.1) is 17.1 Å². The van der Waals surface area contributed by atoms with Gasteiger partial charge in [0, 0.05) is 24.0 Å². The Morgan fingerprint density at radius 2 is 1.96 bits per heavy atom. The van der Waals surface area contributed by atoms with Gasteiger partial charge < -0.3 is 9.88 Å². The average molecular weight is 335 g/mol. The van der Waals surface area contributed by atoms with Gasteiger partial charge in [0.2, 0.25) is 0 Å². The average Bonchev–Trinajstić information content (AvgIpc) is 3.04. The van der Waals surface area contributed by atoms with E-state index < -0.39 is 0 Å². The number of amides is 1. The minimum absolute atomic E-state index is 0.122. The van der Waals surface area contributed by atoms with Crippen LogP contribution in [0.4, 0.5) is 4.39 Å². The predicted molar refractivity (Wildman–Crippen MR) is 94.4 cm³/mol. The van der Waals surface area contributed by atoms with Crippen molar-refractivity contribution in [3.05, 3.63) is 71.2 Å². The van der Waals surface area contributed by atoms with Crippen molar-refractivity contribution in [3.8, 4) is 6.07 Å². The number of benzene rings is 2. The van der Waals surface area contributed by atoms with E-state index in [0.29, 0.717) is 29.7 Å². The molecule has 1 N–H and O–H groups in total. The summed E-state index contributed by atoms with van der Waals surface area (Å²) >= 11 is 0. The fourth-order valence-corrected chi connectivity index (χ4v) is 2.82. The minimum Gasteiger partial charge on any atom is -0.351 e. The zero-order chi connectivity index (χ0) is 17.8. The number of fused-ring (bicyclic) bond motifs is 1. The highest BCUT2D eigenvalue weighted by Gasteiger charge is 2.18. The molecule has 1 aromatic heterocycles. The Morgan fingerprint density at radius 3 is 2.64 bits per heavy atom. The quantitative estimate of drug-likeness (QED) is 0.758. The molecule has 0 aliphatic rings. The maximum Gasteiger partial charge on any atom is 0.270 e. The van der Waals surface area contributed by atoms with E-state index in [4.69, 9.17) is 5.26 Å². The van der Waals surface area contributed by atoms with Crippen LogP contribution in [0.3, 0.4) is 0 Å². The molecule has 1 heterocycles. The molecule has 25 heavy (non-hydrogen) atoms. The second-order valence-electron chi connectivity index (χ2n) is 5.95. The summed E-state index contributed by atoms with van der Waals surface area (Å²) in [5.74, 6) is -0.448. The van der Waals surface area contributed by atoms with Crippen LogP contribution in [-0.4, -0.2) is 22.3 Å². The summed E-state index contributed by atoms with van der Waals surface area (Å²) in [6.07, 6.45) is 0.830. The first-order valence-corrected chi connectivity index (χ1v) is 8.17. The van der Waals surface area contributed by atoms with Crippen LogP contribution >= 0.6 is 0 Å². The van der Waals surface area contributed by atoms with E-state index >= 15 is 0 Å². The number of nitrogens with one attached hydrogen (secondary N) is 1. The molecule has 126 valence electrons. The highest BCUT2D eigenvalue weighted by Crippen LogP contribution is 2.19. The normalized spacial score (nSPS) is 10.6. The van der Waals surface area contributed by atoms with E-state index in [9.17, 15) is 9.18 Å². The van der Waals surface area contributed by atoms with E-state index in [2.05, 4.69) is 11.1 Å². The highest BCUT2D eigenvalue weighted by molar-refractivity contribution is 5.98. The topological polar surface area (TPSA) is 59.9 Å². The molecule has 0 atom stereocenters. The molecule has 5 heteroatoms. The third-order valence-electron chi connectivity index (χ3n) is 4.05. The van der Waals surface area contributed by atoms with Crippen LogP contribution in [0.5, 0.6) is 0 Å². The predicted octanol–water partition coefficient (Wildman–Crippen LogP) is 4.23. The first-order valence-electron chi connectivity index (χ1n) is 8.17. The van der Waals surface area contributed by atoms with Gasteiger partial charge in [-0.3, -0.25) is 4.79 Å². The maximum atomic E-state index is 13.3. The van der Waals surface area contributed by atoms with Gasteiger partial charge in [-0.25, -0.2) is 4.39 Å². The lowest BCUT2D eigenvalue weighted by molar-refractivity contribution is 0.0738. The largest absolute Gasteiger partial charge is 0.351 e. The fraction of sp³-hybridized carbons (Fsp3) is 0.200. The van der Waals surface area contributed by atoms with Gasteiger partial charge >= 0.3 is 0 Å². The molecule has 0 bridgehead atoms. The molecule has 0 saturated carbocycles. The van der Waals surface area contributed by atoms with Crippen LogP contribution in [0.2, 0.25) is 0 Å². The Hall–Kier alpha value is -3.13. The van der Waals surface area contributed by atoms with Crippen molar-refractivity contribution < 1.29 is 9.18 Å². The minimum atomic E-state index is -0.325. The third-order valence-corrected chi connectivity index (χ3v) is 4.05. The number of H-pyrrole nitrogens is 1. The number of aromatic nitrogens is 1. The van der Waals surface area contributed by atoms with Gasteiger partial charge in [-0.05, 0) is 48.4 Å². The lowest BCUT2D eigenvalue weighted by atomic mass is 10.1. The number of rotatable bonds is 5. The van der Waals surface area contributed by atoms with E-state index in [-0.39, 0.29) is 11.7 Å². The summed E-state index contributed by atoms with van der Waals surface area (Å²) < 4.78 is 13.3. The van der Waals surface area contributed by atoms with E-state index in [1.54, 1.807) is 29.2 Å². The summed E-state index contributed by atoms with van der Waals surface area (Å²) in [5.41, 5.74) is 2.74. The first kappa shape index (κ1) is 16.7. The number of aromatic amines is 1. The molecular weight excluding hydrogens is 317 g/mol. The molecule has 0 saturated heterocycles. The van der Waals surface area contributed by atoms with E-state index in [1.165, 1.54) is 12.1 Å². The molecule has 3 aromatic rings. The summed E-state index contributed by atoms with van der Waals surface area (Å²) in [6, 6.07) is 15.4. The van der Waals surface area contributed by atoms with Crippen LogP contribution in [0.25, 0.3) is 10.9 Å². The van der Waals surface area contributed by atoms with Crippen LogP contribution in [0.1, 0.15) is 35.0 Å². The van der Waals surface area contributed by atoms with Crippen molar-refractivity contribution in [3.63, 3.8) is 0 Å². The second kappa shape index (κ2) is 7.18. The van der Waals surface area contributed by atoms with Crippen LogP contribution in [0.15, 0.2) is 48.5 Å². The van der Waals surface area contributed by atoms with Crippen LogP contribution < -0.4 is 0 Å². The molecule has 4 nitrogen and oxygen atoms in total. The molecule has 0 aliphatic carbocycles. The van der Waals surface area contributed by atoms with Gasteiger partial charge in [-0.2, -0.15) is 5.26 Å². The Kier molecular flexibility index (Phi) is 4.80. The lowest BCUT2D eigenvalue weighted by Gasteiger charge is -2.21. The molecule has 0 spiro atoms. The highest BCUT2D eigenvalue weighted by atomic mass is 19.1. The maximum absolute atomic E-state index is 13.3. The van der Waals surface area contributed by atoms with Gasteiger partial charge in [0.05, 0.1) is 11.6 Å². The first-order chi connectivity index (χ1) is 12.1. The fourth-order valence-electron chi connectivity index (χ4n) is 2.82. The van der Waals surface area contributed by atoms with Crippen molar-refractivity contribution in [2.75, 3.05) is 6.54 Å². The molecule has 1 amide bonds. The number of halogens is 1. The SMILES string of the molecule is CCCN(Cc1ccc(C#N)cc1)C(=O)c1cc2cc(F)ccc2[nH]1. The summed E-state index contributed by atoms with van der Waals surface area (Å²) in [4.78, 5) is 17.7. The number of hydrogen-bond acceptors (Lipinski definition) is 2. The van der Waals surface area contributed by atoms with Crippen molar-refractivity contribution in [2.24, 2.45) is 0 Å². The number of nitriles is 1. The molecule has 0 unspecified atom stereocenters. The molecule has 3 rings (SSSR count). The standard InChI is InChI=1S/C20H18FN3O/c1-2-9-24(13-15-5-3-14(12-22)4-6-15)20(25)19-11-16-10-17(21)7-8-18(16)23-19/h3-8,10-11,23H,2,9,13H2,1H3. The Bertz CT molecular complexity index is 938. The Morgan fingerprint density at radius 1 is 1.20 bits per heavy atom. The summed E-state index contributed by atoms with van der Waals surface area (Å²) in [6.45, 7) is 3.09. The monoisotopic (exact) mass is 335 g/mol. The van der Waals surface area contributed by atoms with Gasteiger partial charge in [0.15, 0.2) is 0 Å². The van der Waals surface area contributed by atoms with Gasteiger partial charge in [0.25, 0.3) is 5.91 Å². The number of nitrogens with zero attached hydrogens (tertiary/aromatic N) is 2. The van der Waals surface area contributed by atoms with E-state index in [0.717, 1.165) is 17.5 Å². The molecule has 0 radical (unpaired) electrons. The molecule has 0 aliphatic heterocycles. The molecule has 0 fully saturated rings. The summed E-state index contributed by atoms with van der Waals surface area (Å²) in [5, 5.41) is 9.55. The zero-order valence-corrected chi connectivity index (χ0v) is 13.9. The Labute approximate surface area is 145 Å². The van der Waals surface area contributed by atoms with E-state index in [1.807, 2.05) is 19.1 Å². The van der Waals surface area contributed by atoms with Crippen molar-refractivity contribution in [1.82, 2.24) is 9.88 Å². The second-order valence-corrected chi connectivity index (χ2v) is 5.95. The van der Waals surface area contributed by atoms with Crippen molar-refractivity contribution in [2.45, 2.75) is 19.9 Å².